The standard InChI is InChI=1S/C13H18O3/c1-4-13(16,5-2)11-7-6-10(12(14)15)8-9(11)3/h6-8,16H,4-5H2,1-3H3,(H,14,15). The average Bonchev–Trinajstić information content (AvgIpc) is 2.27. The summed E-state index contributed by atoms with van der Waals surface area (Å²) in [7, 11) is 0. The van der Waals surface area contributed by atoms with E-state index in [-0.39, 0.29) is 5.56 Å². The molecule has 16 heavy (non-hydrogen) atoms. The molecular formula is C13H18O3. The molecule has 1 aromatic rings. The molecule has 3 nitrogen and oxygen atoms in total. The summed E-state index contributed by atoms with van der Waals surface area (Å²) < 4.78 is 0. The first-order valence-electron chi connectivity index (χ1n) is 5.51. The molecule has 0 aliphatic rings. The Labute approximate surface area is 95.7 Å². The maximum Gasteiger partial charge on any atom is 0.335 e. The minimum Gasteiger partial charge on any atom is -0.478 e. The second-order valence-electron chi connectivity index (χ2n) is 4.07. The Bertz CT molecular complexity index is 392. The molecule has 0 heterocycles. The molecule has 0 saturated heterocycles. The predicted octanol–water partition coefficient (Wildman–Crippen LogP) is 2.70. The van der Waals surface area contributed by atoms with Crippen LogP contribution in [-0.4, -0.2) is 16.2 Å². The highest BCUT2D eigenvalue weighted by Gasteiger charge is 2.26. The molecular weight excluding hydrogens is 204 g/mol. The van der Waals surface area contributed by atoms with Gasteiger partial charge >= 0.3 is 5.97 Å². The van der Waals surface area contributed by atoms with E-state index in [1.54, 1.807) is 18.2 Å². The van der Waals surface area contributed by atoms with Gasteiger partial charge in [-0.25, -0.2) is 4.79 Å². The largest absolute Gasteiger partial charge is 0.478 e. The zero-order valence-electron chi connectivity index (χ0n) is 9.95. The smallest absolute Gasteiger partial charge is 0.335 e. The van der Waals surface area contributed by atoms with E-state index in [1.165, 1.54) is 0 Å². The van der Waals surface area contributed by atoms with E-state index in [9.17, 15) is 9.90 Å². The van der Waals surface area contributed by atoms with Gasteiger partial charge in [-0.15, -0.1) is 0 Å². The van der Waals surface area contributed by atoms with E-state index >= 15 is 0 Å². The van der Waals surface area contributed by atoms with Gasteiger partial charge < -0.3 is 10.2 Å². The van der Waals surface area contributed by atoms with E-state index in [2.05, 4.69) is 0 Å². The number of carboxylic acids is 1. The fourth-order valence-corrected chi connectivity index (χ4v) is 1.95. The molecule has 3 heteroatoms. The number of aliphatic hydroxyl groups is 1. The SMILES string of the molecule is CCC(O)(CC)c1ccc(C(=O)O)cc1C. The molecule has 0 aromatic heterocycles. The summed E-state index contributed by atoms with van der Waals surface area (Å²) in [6, 6.07) is 4.86. The Balaban J connectivity index is 3.22. The van der Waals surface area contributed by atoms with Gasteiger partial charge in [0.15, 0.2) is 0 Å². The van der Waals surface area contributed by atoms with Crippen LogP contribution in [0.5, 0.6) is 0 Å². The number of hydrogen-bond acceptors (Lipinski definition) is 2. The lowest BCUT2D eigenvalue weighted by Gasteiger charge is -2.27. The Morgan fingerprint density at radius 1 is 1.31 bits per heavy atom. The molecule has 2 N–H and O–H groups in total. The summed E-state index contributed by atoms with van der Waals surface area (Å²) in [5.74, 6) is -0.939. The molecule has 0 fully saturated rings. The van der Waals surface area contributed by atoms with Gasteiger partial charge in [-0.05, 0) is 43.0 Å². The van der Waals surface area contributed by atoms with Gasteiger partial charge in [-0.3, -0.25) is 0 Å². The predicted molar refractivity (Wildman–Crippen MR) is 62.6 cm³/mol. The van der Waals surface area contributed by atoms with Crippen molar-refractivity contribution in [2.45, 2.75) is 39.2 Å². The van der Waals surface area contributed by atoms with Crippen molar-refractivity contribution in [2.24, 2.45) is 0 Å². The van der Waals surface area contributed by atoms with Crippen molar-refractivity contribution in [3.05, 3.63) is 34.9 Å². The van der Waals surface area contributed by atoms with Gasteiger partial charge in [-0.2, -0.15) is 0 Å². The minimum absolute atomic E-state index is 0.260. The molecule has 1 aromatic carbocycles. The van der Waals surface area contributed by atoms with Crippen molar-refractivity contribution in [3.8, 4) is 0 Å². The maximum absolute atomic E-state index is 10.8. The summed E-state index contributed by atoms with van der Waals surface area (Å²) in [6.07, 6.45) is 1.24. The molecule has 0 unspecified atom stereocenters. The normalized spacial score (nSPS) is 11.5. The van der Waals surface area contributed by atoms with Crippen LogP contribution >= 0.6 is 0 Å². The molecule has 0 amide bonds. The Morgan fingerprint density at radius 2 is 1.88 bits per heavy atom. The monoisotopic (exact) mass is 222 g/mol. The van der Waals surface area contributed by atoms with Crippen molar-refractivity contribution in [3.63, 3.8) is 0 Å². The average molecular weight is 222 g/mol. The highest BCUT2D eigenvalue weighted by molar-refractivity contribution is 5.87. The summed E-state index contributed by atoms with van der Waals surface area (Å²) in [5.41, 5.74) is 1.06. The second kappa shape index (κ2) is 4.66. The number of carbonyl (C=O) groups is 1. The molecule has 0 radical (unpaired) electrons. The van der Waals surface area contributed by atoms with E-state index in [4.69, 9.17) is 5.11 Å². The van der Waals surface area contributed by atoms with E-state index in [0.717, 1.165) is 11.1 Å². The minimum atomic E-state index is -0.939. The van der Waals surface area contributed by atoms with E-state index in [0.29, 0.717) is 12.8 Å². The maximum atomic E-state index is 10.8. The van der Waals surface area contributed by atoms with E-state index in [1.807, 2.05) is 20.8 Å². The van der Waals surface area contributed by atoms with Gasteiger partial charge in [0.25, 0.3) is 0 Å². The van der Waals surface area contributed by atoms with Crippen molar-refractivity contribution in [1.29, 1.82) is 0 Å². The highest BCUT2D eigenvalue weighted by Crippen LogP contribution is 2.31. The third kappa shape index (κ3) is 2.25. The second-order valence-corrected chi connectivity index (χ2v) is 4.07. The van der Waals surface area contributed by atoms with Crippen LogP contribution < -0.4 is 0 Å². The molecule has 0 aliphatic heterocycles. The van der Waals surface area contributed by atoms with Gasteiger partial charge in [0.05, 0.1) is 11.2 Å². The first-order valence-corrected chi connectivity index (χ1v) is 5.51. The van der Waals surface area contributed by atoms with Crippen LogP contribution in [0, 0.1) is 6.92 Å². The van der Waals surface area contributed by atoms with Crippen LogP contribution in [0.2, 0.25) is 0 Å². The van der Waals surface area contributed by atoms with Crippen LogP contribution in [-0.2, 0) is 5.60 Å². The number of aromatic carboxylic acids is 1. The van der Waals surface area contributed by atoms with Crippen LogP contribution in [0.4, 0.5) is 0 Å². The van der Waals surface area contributed by atoms with Crippen molar-refractivity contribution < 1.29 is 15.0 Å². The van der Waals surface area contributed by atoms with Crippen molar-refractivity contribution >= 4 is 5.97 Å². The topological polar surface area (TPSA) is 57.5 Å². The first kappa shape index (κ1) is 12.7. The van der Waals surface area contributed by atoms with Crippen molar-refractivity contribution in [1.82, 2.24) is 0 Å². The van der Waals surface area contributed by atoms with Gasteiger partial charge in [0.1, 0.15) is 0 Å². The quantitative estimate of drug-likeness (QED) is 0.823. The number of benzene rings is 1. The Kier molecular flexibility index (Phi) is 3.70. The lowest BCUT2D eigenvalue weighted by molar-refractivity contribution is 0.0277. The summed E-state index contributed by atoms with van der Waals surface area (Å²) in [6.45, 7) is 5.68. The molecule has 88 valence electrons. The number of aryl methyl sites for hydroxylation is 1. The molecule has 0 bridgehead atoms. The Hall–Kier alpha value is -1.35. The summed E-state index contributed by atoms with van der Waals surface area (Å²) in [5, 5.41) is 19.2. The van der Waals surface area contributed by atoms with Gasteiger partial charge in [-0.1, -0.05) is 19.9 Å². The van der Waals surface area contributed by atoms with Crippen LogP contribution in [0.1, 0.15) is 48.2 Å². The molecule has 0 aliphatic carbocycles. The van der Waals surface area contributed by atoms with Crippen LogP contribution in [0.25, 0.3) is 0 Å². The Morgan fingerprint density at radius 3 is 2.25 bits per heavy atom. The zero-order valence-corrected chi connectivity index (χ0v) is 9.95. The lowest BCUT2D eigenvalue weighted by atomic mass is 9.85. The fraction of sp³-hybridized carbons (Fsp3) is 0.462. The number of rotatable bonds is 4. The summed E-state index contributed by atoms with van der Waals surface area (Å²) in [4.78, 5) is 10.8. The third-order valence-electron chi connectivity index (χ3n) is 3.14. The van der Waals surface area contributed by atoms with E-state index < -0.39 is 11.6 Å². The zero-order chi connectivity index (χ0) is 12.3. The molecule has 0 spiro atoms. The number of hydrogen-bond donors (Lipinski definition) is 2. The van der Waals surface area contributed by atoms with Crippen molar-refractivity contribution in [2.75, 3.05) is 0 Å². The molecule has 0 atom stereocenters. The third-order valence-corrected chi connectivity index (χ3v) is 3.14. The molecule has 0 saturated carbocycles. The van der Waals surface area contributed by atoms with Gasteiger partial charge in [0.2, 0.25) is 0 Å². The van der Waals surface area contributed by atoms with Crippen LogP contribution in [0.15, 0.2) is 18.2 Å². The summed E-state index contributed by atoms with van der Waals surface area (Å²) >= 11 is 0. The van der Waals surface area contributed by atoms with Crippen LogP contribution in [0.3, 0.4) is 0 Å². The molecule has 1 rings (SSSR count). The lowest BCUT2D eigenvalue weighted by Crippen LogP contribution is -2.24. The van der Waals surface area contributed by atoms with Gasteiger partial charge in [0, 0.05) is 0 Å². The number of carboxylic acid groups (broad SMARTS) is 1. The highest BCUT2D eigenvalue weighted by atomic mass is 16.4. The fourth-order valence-electron chi connectivity index (χ4n) is 1.95. The first-order chi connectivity index (χ1) is 7.44.